The molecule has 3 aromatic rings. The van der Waals surface area contributed by atoms with Crippen LogP contribution in [0.2, 0.25) is 5.02 Å². The molecule has 4 nitrogen and oxygen atoms in total. The Morgan fingerprint density at radius 1 is 1.09 bits per heavy atom. The lowest BCUT2D eigenvalue weighted by molar-refractivity contribution is 0.371. The zero-order chi connectivity index (χ0) is 23.5. The van der Waals surface area contributed by atoms with Gasteiger partial charge in [0.15, 0.2) is 11.5 Å². The fourth-order valence-electron chi connectivity index (χ4n) is 4.71. The number of anilines is 1. The molecule has 0 radical (unpaired) electrons. The Hall–Kier alpha value is -3.44. The normalized spacial score (nSPS) is 16.7. The molecular weight excluding hydrogens is 441 g/mol. The summed E-state index contributed by atoms with van der Waals surface area (Å²) < 4.78 is 26.6. The number of methoxy groups -OCH3 is 1. The number of hydrogen-bond acceptors (Lipinski definition) is 4. The molecule has 0 amide bonds. The molecule has 2 N–H and O–H groups in total. The van der Waals surface area contributed by atoms with Gasteiger partial charge in [-0.05, 0) is 62.8 Å². The summed E-state index contributed by atoms with van der Waals surface area (Å²) in [5.41, 5.74) is 5.41. The van der Waals surface area contributed by atoms with Gasteiger partial charge in [0.05, 0.1) is 18.2 Å². The van der Waals surface area contributed by atoms with Crippen molar-refractivity contribution in [3.8, 4) is 28.4 Å². The highest BCUT2D eigenvalue weighted by Gasteiger charge is 2.33. The van der Waals surface area contributed by atoms with Gasteiger partial charge in [-0.25, -0.2) is 4.39 Å². The van der Waals surface area contributed by atoms with E-state index in [4.69, 9.17) is 21.1 Å². The number of ether oxygens (including phenoxy) is 2. The van der Waals surface area contributed by atoms with Crippen molar-refractivity contribution in [3.05, 3.63) is 76.1 Å². The lowest BCUT2D eigenvalue weighted by Gasteiger charge is -2.35. The first-order valence-corrected chi connectivity index (χ1v) is 11.0. The van der Waals surface area contributed by atoms with E-state index in [0.29, 0.717) is 33.4 Å². The molecule has 2 heterocycles. The zero-order valence-corrected chi connectivity index (χ0v) is 19.5. The predicted octanol–water partition coefficient (Wildman–Crippen LogP) is 7.36. The van der Waals surface area contributed by atoms with Gasteiger partial charge >= 0.3 is 0 Å². The van der Waals surface area contributed by atoms with Crippen LogP contribution in [0.25, 0.3) is 28.5 Å². The molecule has 5 rings (SSSR count). The van der Waals surface area contributed by atoms with Gasteiger partial charge in [-0.15, -0.1) is 0 Å². The van der Waals surface area contributed by atoms with Crippen molar-refractivity contribution in [3.63, 3.8) is 0 Å². The van der Waals surface area contributed by atoms with E-state index < -0.39 is 5.82 Å². The van der Waals surface area contributed by atoms with Crippen LogP contribution in [0.4, 0.5) is 10.1 Å². The lowest BCUT2D eigenvalue weighted by atomic mass is 9.82. The first-order chi connectivity index (χ1) is 15.7. The standard InChI is InChI=1S/C27H23ClFNO3/c1-14-13-27(2,3)30-19-8-7-17-24(23(14)19)22(11-15-5-6-16(28)12-18(15)29)33-21-10-9-20(31)26(32-4)25(17)21/h5-13,30-31H,1-4H3/b22-11-. The van der Waals surface area contributed by atoms with Crippen LogP contribution in [0.5, 0.6) is 17.2 Å². The summed E-state index contributed by atoms with van der Waals surface area (Å²) in [5, 5.41) is 14.3. The summed E-state index contributed by atoms with van der Waals surface area (Å²) in [7, 11) is 1.51. The zero-order valence-electron chi connectivity index (χ0n) is 18.7. The molecule has 0 fully saturated rings. The van der Waals surface area contributed by atoms with Crippen molar-refractivity contribution in [1.82, 2.24) is 0 Å². The summed E-state index contributed by atoms with van der Waals surface area (Å²) in [4.78, 5) is 0. The molecule has 0 aromatic heterocycles. The highest BCUT2D eigenvalue weighted by Crippen LogP contribution is 2.54. The molecule has 0 aliphatic carbocycles. The molecular formula is C27H23ClFNO3. The molecule has 168 valence electrons. The molecule has 2 aliphatic heterocycles. The van der Waals surface area contributed by atoms with Crippen molar-refractivity contribution in [1.29, 1.82) is 0 Å². The molecule has 0 bridgehead atoms. The summed E-state index contributed by atoms with van der Waals surface area (Å²) >= 11 is 5.95. The van der Waals surface area contributed by atoms with Crippen LogP contribution < -0.4 is 14.8 Å². The van der Waals surface area contributed by atoms with Crippen LogP contribution in [0.15, 0.2) is 48.5 Å². The monoisotopic (exact) mass is 463 g/mol. The Morgan fingerprint density at radius 3 is 2.61 bits per heavy atom. The van der Waals surface area contributed by atoms with Crippen LogP contribution in [0, 0.1) is 5.82 Å². The fraction of sp³-hybridized carbons (Fsp3) is 0.185. The van der Waals surface area contributed by atoms with E-state index in [2.05, 4.69) is 32.2 Å². The SMILES string of the molecule is COc1c(O)ccc2c1-c1ccc3c(c1/C(=C/c1ccc(Cl)cc1F)O2)C(C)=CC(C)(C)N3. The summed E-state index contributed by atoms with van der Waals surface area (Å²) in [6, 6.07) is 11.8. The van der Waals surface area contributed by atoms with Gasteiger partial charge in [-0.3, -0.25) is 0 Å². The largest absolute Gasteiger partial charge is 0.504 e. The van der Waals surface area contributed by atoms with Crippen molar-refractivity contribution in [2.45, 2.75) is 26.3 Å². The van der Waals surface area contributed by atoms with E-state index in [1.54, 1.807) is 24.3 Å². The van der Waals surface area contributed by atoms with Gasteiger partial charge in [-0.1, -0.05) is 29.8 Å². The molecule has 0 spiro atoms. The van der Waals surface area contributed by atoms with E-state index in [0.717, 1.165) is 28.0 Å². The smallest absolute Gasteiger partial charge is 0.172 e. The van der Waals surface area contributed by atoms with Crippen molar-refractivity contribution in [2.24, 2.45) is 0 Å². The number of benzene rings is 3. The van der Waals surface area contributed by atoms with E-state index in [9.17, 15) is 9.50 Å². The predicted molar refractivity (Wildman–Crippen MR) is 131 cm³/mol. The Morgan fingerprint density at radius 2 is 1.88 bits per heavy atom. The number of halogens is 2. The number of hydrogen-bond donors (Lipinski definition) is 2. The number of aromatic hydroxyl groups is 1. The molecule has 33 heavy (non-hydrogen) atoms. The maximum absolute atomic E-state index is 14.7. The summed E-state index contributed by atoms with van der Waals surface area (Å²) in [5.74, 6) is 0.925. The molecule has 0 saturated heterocycles. The summed E-state index contributed by atoms with van der Waals surface area (Å²) in [6.45, 7) is 6.26. The fourth-order valence-corrected chi connectivity index (χ4v) is 4.87. The van der Waals surface area contributed by atoms with Crippen LogP contribution >= 0.6 is 11.6 Å². The number of allylic oxidation sites excluding steroid dienone is 1. The van der Waals surface area contributed by atoms with Gasteiger partial charge in [0.25, 0.3) is 0 Å². The number of fused-ring (bicyclic) bond motifs is 5. The number of phenolic OH excluding ortho intramolecular Hbond substituents is 1. The Balaban J connectivity index is 1.84. The lowest BCUT2D eigenvalue weighted by Crippen LogP contribution is -2.32. The molecule has 6 heteroatoms. The Bertz CT molecular complexity index is 1370. The second-order valence-corrected chi connectivity index (χ2v) is 9.29. The van der Waals surface area contributed by atoms with Crippen LogP contribution in [0.1, 0.15) is 37.5 Å². The van der Waals surface area contributed by atoms with Crippen molar-refractivity contribution < 1.29 is 19.0 Å². The first-order valence-electron chi connectivity index (χ1n) is 10.6. The number of nitrogens with one attached hydrogen (secondary N) is 1. The van der Waals surface area contributed by atoms with Gasteiger partial charge in [0.1, 0.15) is 17.3 Å². The second kappa shape index (κ2) is 7.56. The third-order valence-corrected chi connectivity index (χ3v) is 6.16. The van der Waals surface area contributed by atoms with E-state index in [1.165, 1.54) is 19.2 Å². The Labute approximate surface area is 196 Å². The quantitative estimate of drug-likeness (QED) is 0.417. The minimum absolute atomic E-state index is 0.0196. The highest BCUT2D eigenvalue weighted by atomic mass is 35.5. The average Bonchev–Trinajstić information content (AvgIpc) is 2.74. The van der Waals surface area contributed by atoms with Gasteiger partial charge in [0, 0.05) is 33.0 Å². The van der Waals surface area contributed by atoms with Crippen molar-refractivity contribution >= 4 is 34.7 Å². The van der Waals surface area contributed by atoms with Crippen LogP contribution in [-0.2, 0) is 0 Å². The van der Waals surface area contributed by atoms with E-state index in [-0.39, 0.29) is 11.3 Å². The van der Waals surface area contributed by atoms with Crippen molar-refractivity contribution in [2.75, 3.05) is 12.4 Å². The molecule has 0 saturated carbocycles. The molecule has 3 aromatic carbocycles. The van der Waals surface area contributed by atoms with Crippen LogP contribution in [0.3, 0.4) is 0 Å². The van der Waals surface area contributed by atoms with E-state index >= 15 is 0 Å². The minimum atomic E-state index is -0.439. The Kier molecular flexibility index (Phi) is 4.91. The molecule has 0 atom stereocenters. The third kappa shape index (κ3) is 3.53. The molecule has 2 aliphatic rings. The van der Waals surface area contributed by atoms with Gasteiger partial charge in [0.2, 0.25) is 0 Å². The summed E-state index contributed by atoms with van der Waals surface area (Å²) in [6.07, 6.45) is 3.84. The average molecular weight is 464 g/mol. The highest BCUT2D eigenvalue weighted by molar-refractivity contribution is 6.30. The topological polar surface area (TPSA) is 50.7 Å². The van der Waals surface area contributed by atoms with E-state index in [1.807, 2.05) is 12.1 Å². The number of rotatable bonds is 2. The maximum atomic E-state index is 14.7. The van der Waals surface area contributed by atoms with Gasteiger partial charge < -0.3 is 19.9 Å². The first kappa shape index (κ1) is 21.4. The minimum Gasteiger partial charge on any atom is -0.504 e. The number of phenols is 1. The maximum Gasteiger partial charge on any atom is 0.172 e. The third-order valence-electron chi connectivity index (χ3n) is 5.92. The van der Waals surface area contributed by atoms with Crippen LogP contribution in [-0.4, -0.2) is 17.8 Å². The van der Waals surface area contributed by atoms with Gasteiger partial charge in [-0.2, -0.15) is 0 Å². The molecule has 0 unspecified atom stereocenters. The second-order valence-electron chi connectivity index (χ2n) is 8.85.